The van der Waals surface area contributed by atoms with Crippen LogP contribution in [0.15, 0.2) is 46.5 Å². The first-order valence-corrected chi connectivity index (χ1v) is 7.57. The Morgan fingerprint density at radius 3 is 2.43 bits per heavy atom. The summed E-state index contributed by atoms with van der Waals surface area (Å²) < 4.78 is 0. The van der Waals surface area contributed by atoms with Crippen molar-refractivity contribution in [1.29, 1.82) is 0 Å². The maximum absolute atomic E-state index is 11.2. The molecule has 2 aromatic rings. The molecule has 4 heteroatoms. The highest BCUT2D eigenvalue weighted by Crippen LogP contribution is 2.29. The molecule has 3 nitrogen and oxygen atoms in total. The molecule has 1 heterocycles. The zero-order valence-corrected chi connectivity index (χ0v) is 13.5. The zero-order valence-electron chi connectivity index (χ0n) is 12.7. The van der Waals surface area contributed by atoms with Gasteiger partial charge in [0.15, 0.2) is 0 Å². The molecule has 1 aromatic heterocycles. The fraction of sp³-hybridized carbons (Fsp3) is 0.294. The summed E-state index contributed by atoms with van der Waals surface area (Å²) in [6, 6.07) is 9.50. The molecule has 110 valence electrons. The number of hydrogen-bond acceptors (Lipinski definition) is 3. The third kappa shape index (κ3) is 3.85. The van der Waals surface area contributed by atoms with Crippen LogP contribution in [-0.4, -0.2) is 16.1 Å². The Labute approximate surface area is 129 Å². The fourth-order valence-corrected chi connectivity index (χ4v) is 2.70. The van der Waals surface area contributed by atoms with Crippen molar-refractivity contribution in [2.45, 2.75) is 43.0 Å². The standard InChI is InChI=1S/C17H19NO2S/c1-11-5-7-13(9-14(11)16(19)20)21-15-8-6-12(10-18-15)17(2,3)4/h5-10H,1-4H3,(H,19,20). The molecule has 0 saturated heterocycles. The average molecular weight is 301 g/mol. The first-order valence-electron chi connectivity index (χ1n) is 6.76. The summed E-state index contributed by atoms with van der Waals surface area (Å²) in [6.45, 7) is 8.25. The van der Waals surface area contributed by atoms with Gasteiger partial charge in [-0.3, -0.25) is 0 Å². The van der Waals surface area contributed by atoms with Crippen molar-refractivity contribution >= 4 is 17.7 Å². The Morgan fingerprint density at radius 1 is 1.19 bits per heavy atom. The molecule has 21 heavy (non-hydrogen) atoms. The van der Waals surface area contributed by atoms with Gasteiger partial charge in [-0.25, -0.2) is 9.78 Å². The van der Waals surface area contributed by atoms with E-state index in [9.17, 15) is 4.79 Å². The first-order chi connectivity index (χ1) is 9.77. The Hall–Kier alpha value is -1.81. The molecular formula is C17H19NO2S. The molecule has 0 radical (unpaired) electrons. The highest BCUT2D eigenvalue weighted by atomic mass is 32.2. The van der Waals surface area contributed by atoms with Crippen LogP contribution in [0.4, 0.5) is 0 Å². The normalized spacial score (nSPS) is 11.4. The molecule has 0 saturated carbocycles. The molecule has 0 aliphatic rings. The second kappa shape index (κ2) is 5.90. The van der Waals surface area contributed by atoms with Crippen LogP contribution < -0.4 is 0 Å². The van der Waals surface area contributed by atoms with Gasteiger partial charge in [0.1, 0.15) is 5.03 Å². The second-order valence-electron chi connectivity index (χ2n) is 6.02. The summed E-state index contributed by atoms with van der Waals surface area (Å²) >= 11 is 1.47. The molecule has 2 rings (SSSR count). The largest absolute Gasteiger partial charge is 0.478 e. The van der Waals surface area contributed by atoms with Crippen LogP contribution in [0.25, 0.3) is 0 Å². The van der Waals surface area contributed by atoms with Crippen molar-refractivity contribution in [3.05, 3.63) is 53.2 Å². The van der Waals surface area contributed by atoms with Gasteiger partial charge in [0.2, 0.25) is 0 Å². The smallest absolute Gasteiger partial charge is 0.335 e. The number of rotatable bonds is 3. The van der Waals surface area contributed by atoms with Gasteiger partial charge in [0, 0.05) is 11.1 Å². The van der Waals surface area contributed by atoms with Gasteiger partial charge in [-0.05, 0) is 41.7 Å². The van der Waals surface area contributed by atoms with Gasteiger partial charge >= 0.3 is 5.97 Å². The number of aryl methyl sites for hydroxylation is 1. The lowest BCUT2D eigenvalue weighted by Crippen LogP contribution is -2.11. The molecule has 1 N–H and O–H groups in total. The lowest BCUT2D eigenvalue weighted by Gasteiger charge is -2.18. The van der Waals surface area contributed by atoms with Crippen molar-refractivity contribution in [3.8, 4) is 0 Å². The van der Waals surface area contributed by atoms with E-state index >= 15 is 0 Å². The summed E-state index contributed by atoms with van der Waals surface area (Å²) in [7, 11) is 0. The summed E-state index contributed by atoms with van der Waals surface area (Å²) in [4.78, 5) is 16.5. The minimum absolute atomic E-state index is 0.0799. The topological polar surface area (TPSA) is 50.2 Å². The Morgan fingerprint density at radius 2 is 1.90 bits per heavy atom. The number of aromatic carboxylic acids is 1. The van der Waals surface area contributed by atoms with Gasteiger partial charge in [-0.15, -0.1) is 0 Å². The van der Waals surface area contributed by atoms with Gasteiger partial charge in [-0.1, -0.05) is 44.7 Å². The lowest BCUT2D eigenvalue weighted by atomic mass is 9.88. The molecular weight excluding hydrogens is 282 g/mol. The lowest BCUT2D eigenvalue weighted by molar-refractivity contribution is 0.0696. The van der Waals surface area contributed by atoms with Crippen LogP contribution in [0.2, 0.25) is 0 Å². The molecule has 0 bridgehead atoms. The molecule has 0 aliphatic carbocycles. The van der Waals surface area contributed by atoms with Crippen LogP contribution in [0.5, 0.6) is 0 Å². The third-order valence-electron chi connectivity index (χ3n) is 3.26. The van der Waals surface area contributed by atoms with E-state index < -0.39 is 5.97 Å². The number of hydrogen-bond donors (Lipinski definition) is 1. The predicted molar refractivity (Wildman–Crippen MR) is 85.2 cm³/mol. The van der Waals surface area contributed by atoms with Crippen LogP contribution in [0.3, 0.4) is 0 Å². The number of carbonyl (C=O) groups is 1. The fourth-order valence-electron chi connectivity index (χ4n) is 1.90. The van der Waals surface area contributed by atoms with E-state index in [1.54, 1.807) is 13.0 Å². The van der Waals surface area contributed by atoms with Crippen molar-refractivity contribution in [2.75, 3.05) is 0 Å². The summed E-state index contributed by atoms with van der Waals surface area (Å²) in [5, 5.41) is 10.0. The third-order valence-corrected chi connectivity index (χ3v) is 4.20. The van der Waals surface area contributed by atoms with Crippen molar-refractivity contribution in [3.63, 3.8) is 0 Å². The van der Waals surface area contributed by atoms with E-state index in [-0.39, 0.29) is 5.41 Å². The van der Waals surface area contributed by atoms with E-state index in [0.29, 0.717) is 5.56 Å². The van der Waals surface area contributed by atoms with E-state index in [1.807, 2.05) is 24.4 Å². The highest BCUT2D eigenvalue weighted by Gasteiger charge is 2.14. The van der Waals surface area contributed by atoms with E-state index in [0.717, 1.165) is 15.5 Å². The molecule has 0 spiro atoms. The molecule has 0 atom stereocenters. The SMILES string of the molecule is Cc1ccc(Sc2ccc(C(C)(C)C)cn2)cc1C(=O)O. The number of pyridine rings is 1. The van der Waals surface area contributed by atoms with Gasteiger partial charge in [0.05, 0.1) is 5.56 Å². The summed E-state index contributed by atoms with van der Waals surface area (Å²) in [5.74, 6) is -0.897. The Balaban J connectivity index is 2.22. The minimum Gasteiger partial charge on any atom is -0.478 e. The van der Waals surface area contributed by atoms with Crippen molar-refractivity contribution in [1.82, 2.24) is 4.98 Å². The molecule has 1 aromatic carbocycles. The Bertz CT molecular complexity index is 657. The number of carboxylic acid groups (broad SMARTS) is 1. The number of carboxylic acids is 1. The van der Waals surface area contributed by atoms with E-state index in [4.69, 9.17) is 5.11 Å². The first kappa shape index (κ1) is 15.6. The van der Waals surface area contributed by atoms with Crippen LogP contribution in [0, 0.1) is 6.92 Å². The average Bonchev–Trinajstić information content (AvgIpc) is 2.40. The van der Waals surface area contributed by atoms with Crippen LogP contribution >= 0.6 is 11.8 Å². The number of nitrogens with zero attached hydrogens (tertiary/aromatic N) is 1. The minimum atomic E-state index is -0.897. The predicted octanol–water partition coefficient (Wildman–Crippen LogP) is 4.54. The zero-order chi connectivity index (χ0) is 15.6. The number of benzene rings is 1. The highest BCUT2D eigenvalue weighted by molar-refractivity contribution is 7.99. The maximum Gasteiger partial charge on any atom is 0.335 e. The quantitative estimate of drug-likeness (QED) is 0.904. The molecule has 0 unspecified atom stereocenters. The second-order valence-corrected chi connectivity index (χ2v) is 7.11. The van der Waals surface area contributed by atoms with Gasteiger partial charge in [-0.2, -0.15) is 0 Å². The maximum atomic E-state index is 11.2. The van der Waals surface area contributed by atoms with E-state index in [2.05, 4.69) is 31.8 Å². The number of aromatic nitrogens is 1. The molecule has 0 aliphatic heterocycles. The monoisotopic (exact) mass is 301 g/mol. The summed E-state index contributed by atoms with van der Waals surface area (Å²) in [6.07, 6.45) is 1.88. The van der Waals surface area contributed by atoms with Gasteiger partial charge < -0.3 is 5.11 Å². The van der Waals surface area contributed by atoms with Crippen molar-refractivity contribution < 1.29 is 9.90 Å². The van der Waals surface area contributed by atoms with Crippen LogP contribution in [0.1, 0.15) is 42.3 Å². The van der Waals surface area contributed by atoms with Crippen molar-refractivity contribution in [2.24, 2.45) is 0 Å². The van der Waals surface area contributed by atoms with Gasteiger partial charge in [0.25, 0.3) is 0 Å². The van der Waals surface area contributed by atoms with Crippen LogP contribution in [-0.2, 0) is 5.41 Å². The Kier molecular flexibility index (Phi) is 4.37. The molecule has 0 fully saturated rings. The summed E-state index contributed by atoms with van der Waals surface area (Å²) in [5.41, 5.74) is 2.37. The van der Waals surface area contributed by atoms with E-state index in [1.165, 1.54) is 17.3 Å². The molecule has 0 amide bonds.